The SMILES string of the molecule is COC(=O)Cc1ccc(Oc2ncnc3cc(Cl)ccc23)cc1. The van der Waals surface area contributed by atoms with E-state index < -0.39 is 0 Å². The van der Waals surface area contributed by atoms with Crippen molar-refractivity contribution in [3.8, 4) is 11.6 Å². The molecule has 1 aromatic heterocycles. The Bertz CT molecular complexity index is 850. The van der Waals surface area contributed by atoms with Crippen LogP contribution in [-0.2, 0) is 16.0 Å². The molecule has 0 radical (unpaired) electrons. The third-order valence-electron chi connectivity index (χ3n) is 3.28. The van der Waals surface area contributed by atoms with Crippen molar-refractivity contribution < 1.29 is 14.3 Å². The van der Waals surface area contributed by atoms with Gasteiger partial charge in [-0.05, 0) is 35.9 Å². The number of esters is 1. The first kappa shape index (κ1) is 15.2. The van der Waals surface area contributed by atoms with Gasteiger partial charge >= 0.3 is 5.97 Å². The molecule has 0 aliphatic rings. The van der Waals surface area contributed by atoms with Crippen LogP contribution in [0.2, 0.25) is 5.02 Å². The summed E-state index contributed by atoms with van der Waals surface area (Å²) in [6, 6.07) is 12.5. The Morgan fingerprint density at radius 3 is 2.65 bits per heavy atom. The molecule has 6 heteroatoms. The molecule has 3 aromatic rings. The van der Waals surface area contributed by atoms with Gasteiger partial charge in [0.05, 0.1) is 24.4 Å². The molecule has 3 rings (SSSR count). The fourth-order valence-electron chi connectivity index (χ4n) is 2.11. The number of halogens is 1. The standard InChI is InChI=1S/C17H13ClN2O3/c1-22-16(21)8-11-2-5-13(6-3-11)23-17-14-7-4-12(18)9-15(14)19-10-20-17/h2-7,9-10H,8H2,1H3. The first-order valence-electron chi connectivity index (χ1n) is 6.89. The Labute approximate surface area is 137 Å². The molecule has 116 valence electrons. The van der Waals surface area contributed by atoms with Crippen LogP contribution in [0.5, 0.6) is 11.6 Å². The van der Waals surface area contributed by atoms with E-state index in [9.17, 15) is 4.79 Å². The number of fused-ring (bicyclic) bond motifs is 1. The van der Waals surface area contributed by atoms with Gasteiger partial charge in [-0.3, -0.25) is 4.79 Å². The molecule has 0 atom stereocenters. The van der Waals surface area contributed by atoms with Crippen LogP contribution in [-0.4, -0.2) is 23.0 Å². The second-order valence-corrected chi connectivity index (χ2v) is 5.28. The number of hydrogen-bond acceptors (Lipinski definition) is 5. The van der Waals surface area contributed by atoms with Crippen LogP contribution in [0, 0.1) is 0 Å². The minimum absolute atomic E-state index is 0.228. The van der Waals surface area contributed by atoms with Gasteiger partial charge in [0.1, 0.15) is 12.1 Å². The number of aromatic nitrogens is 2. The van der Waals surface area contributed by atoms with Gasteiger partial charge in [0.25, 0.3) is 0 Å². The minimum atomic E-state index is -0.280. The van der Waals surface area contributed by atoms with Crippen LogP contribution in [0.15, 0.2) is 48.8 Å². The van der Waals surface area contributed by atoms with Crippen molar-refractivity contribution in [2.45, 2.75) is 6.42 Å². The highest BCUT2D eigenvalue weighted by molar-refractivity contribution is 6.31. The maximum atomic E-state index is 11.2. The Balaban J connectivity index is 1.83. The Morgan fingerprint density at radius 1 is 1.13 bits per heavy atom. The second-order valence-electron chi connectivity index (χ2n) is 4.84. The average molecular weight is 329 g/mol. The number of carbonyl (C=O) groups excluding carboxylic acids is 1. The molecule has 5 nitrogen and oxygen atoms in total. The summed E-state index contributed by atoms with van der Waals surface area (Å²) in [4.78, 5) is 19.6. The van der Waals surface area contributed by atoms with Gasteiger partial charge in [0, 0.05) is 5.02 Å². The number of benzene rings is 2. The largest absolute Gasteiger partial charge is 0.469 e. The molecular weight excluding hydrogens is 316 g/mol. The molecule has 23 heavy (non-hydrogen) atoms. The molecule has 0 unspecified atom stereocenters. The quantitative estimate of drug-likeness (QED) is 0.682. The van der Waals surface area contributed by atoms with Gasteiger partial charge in [-0.2, -0.15) is 0 Å². The van der Waals surface area contributed by atoms with Gasteiger partial charge in [0.2, 0.25) is 5.88 Å². The van der Waals surface area contributed by atoms with Crippen molar-refractivity contribution in [1.82, 2.24) is 9.97 Å². The van der Waals surface area contributed by atoms with Crippen LogP contribution in [0.4, 0.5) is 0 Å². The van der Waals surface area contributed by atoms with E-state index in [0.29, 0.717) is 22.2 Å². The van der Waals surface area contributed by atoms with Crippen molar-refractivity contribution in [2.75, 3.05) is 7.11 Å². The molecule has 2 aromatic carbocycles. The smallest absolute Gasteiger partial charge is 0.309 e. The summed E-state index contributed by atoms with van der Waals surface area (Å²) in [5.74, 6) is 0.790. The van der Waals surface area contributed by atoms with E-state index in [1.165, 1.54) is 13.4 Å². The summed E-state index contributed by atoms with van der Waals surface area (Å²) >= 11 is 5.96. The zero-order valence-corrected chi connectivity index (χ0v) is 13.1. The molecule has 0 bridgehead atoms. The van der Waals surface area contributed by atoms with E-state index in [0.717, 1.165) is 10.9 Å². The lowest BCUT2D eigenvalue weighted by Crippen LogP contribution is -2.04. The van der Waals surface area contributed by atoms with Gasteiger partial charge < -0.3 is 9.47 Å². The monoisotopic (exact) mass is 328 g/mol. The Kier molecular flexibility index (Phi) is 4.39. The maximum Gasteiger partial charge on any atom is 0.309 e. The zero-order chi connectivity index (χ0) is 16.2. The van der Waals surface area contributed by atoms with E-state index >= 15 is 0 Å². The highest BCUT2D eigenvalue weighted by atomic mass is 35.5. The van der Waals surface area contributed by atoms with Crippen molar-refractivity contribution in [1.29, 1.82) is 0 Å². The number of ether oxygens (including phenoxy) is 2. The minimum Gasteiger partial charge on any atom is -0.469 e. The van der Waals surface area contributed by atoms with E-state index in [4.69, 9.17) is 16.3 Å². The topological polar surface area (TPSA) is 61.3 Å². The maximum absolute atomic E-state index is 11.2. The van der Waals surface area contributed by atoms with Crippen LogP contribution >= 0.6 is 11.6 Å². The van der Waals surface area contributed by atoms with Gasteiger partial charge in [0.15, 0.2) is 0 Å². The predicted octanol–water partition coefficient (Wildman–Crippen LogP) is 3.79. The Morgan fingerprint density at radius 2 is 1.91 bits per heavy atom. The van der Waals surface area contributed by atoms with Crippen LogP contribution in [0.25, 0.3) is 10.9 Å². The molecule has 1 heterocycles. The predicted molar refractivity (Wildman–Crippen MR) is 86.8 cm³/mol. The number of nitrogens with zero attached hydrogens (tertiary/aromatic N) is 2. The van der Waals surface area contributed by atoms with Crippen molar-refractivity contribution in [3.05, 3.63) is 59.4 Å². The normalized spacial score (nSPS) is 10.5. The summed E-state index contributed by atoms with van der Waals surface area (Å²) in [7, 11) is 1.37. The van der Waals surface area contributed by atoms with Crippen molar-refractivity contribution in [2.24, 2.45) is 0 Å². The first-order chi connectivity index (χ1) is 11.2. The summed E-state index contributed by atoms with van der Waals surface area (Å²) in [5.41, 5.74) is 1.56. The van der Waals surface area contributed by atoms with Crippen molar-refractivity contribution >= 4 is 28.5 Å². The lowest BCUT2D eigenvalue weighted by Gasteiger charge is -2.08. The van der Waals surface area contributed by atoms with E-state index in [2.05, 4.69) is 14.7 Å². The fraction of sp³-hybridized carbons (Fsp3) is 0.118. The number of carbonyl (C=O) groups is 1. The highest BCUT2D eigenvalue weighted by Crippen LogP contribution is 2.28. The summed E-state index contributed by atoms with van der Waals surface area (Å²) in [6.45, 7) is 0. The summed E-state index contributed by atoms with van der Waals surface area (Å²) in [5, 5.41) is 1.38. The summed E-state index contributed by atoms with van der Waals surface area (Å²) < 4.78 is 10.4. The molecule has 0 saturated heterocycles. The third kappa shape index (κ3) is 3.57. The molecule has 0 saturated carbocycles. The number of methoxy groups -OCH3 is 1. The van der Waals surface area contributed by atoms with Gasteiger partial charge in [-0.15, -0.1) is 0 Å². The zero-order valence-electron chi connectivity index (χ0n) is 12.3. The van der Waals surface area contributed by atoms with Crippen molar-refractivity contribution in [3.63, 3.8) is 0 Å². The van der Waals surface area contributed by atoms with E-state index in [-0.39, 0.29) is 12.4 Å². The van der Waals surface area contributed by atoms with Crippen LogP contribution in [0.3, 0.4) is 0 Å². The van der Waals surface area contributed by atoms with E-state index in [1.807, 2.05) is 18.2 Å². The molecule has 0 fully saturated rings. The molecule has 0 amide bonds. The second kappa shape index (κ2) is 6.62. The lowest BCUT2D eigenvalue weighted by molar-refractivity contribution is -0.139. The molecule has 0 aliphatic heterocycles. The fourth-order valence-corrected chi connectivity index (χ4v) is 2.28. The third-order valence-corrected chi connectivity index (χ3v) is 3.51. The summed E-state index contributed by atoms with van der Waals surface area (Å²) in [6.07, 6.45) is 1.66. The van der Waals surface area contributed by atoms with Crippen LogP contribution < -0.4 is 4.74 Å². The van der Waals surface area contributed by atoms with E-state index in [1.54, 1.807) is 24.3 Å². The molecule has 0 aliphatic carbocycles. The van der Waals surface area contributed by atoms with Crippen LogP contribution in [0.1, 0.15) is 5.56 Å². The number of rotatable bonds is 4. The first-order valence-corrected chi connectivity index (χ1v) is 7.27. The average Bonchev–Trinajstić information content (AvgIpc) is 2.56. The Hall–Kier alpha value is -2.66. The molecule has 0 spiro atoms. The highest BCUT2D eigenvalue weighted by Gasteiger charge is 2.08. The number of hydrogen-bond donors (Lipinski definition) is 0. The molecular formula is C17H13ClN2O3. The van der Waals surface area contributed by atoms with Gasteiger partial charge in [-0.1, -0.05) is 23.7 Å². The lowest BCUT2D eigenvalue weighted by atomic mass is 10.1. The molecule has 0 N–H and O–H groups in total. The van der Waals surface area contributed by atoms with Gasteiger partial charge in [-0.25, -0.2) is 9.97 Å².